The van der Waals surface area contributed by atoms with E-state index < -0.39 is 0 Å². The Kier molecular flexibility index (Phi) is 4.36. The van der Waals surface area contributed by atoms with Gasteiger partial charge in [0.05, 0.1) is 12.1 Å². The summed E-state index contributed by atoms with van der Waals surface area (Å²) in [6.07, 6.45) is 7.66. The molecule has 1 aliphatic carbocycles. The summed E-state index contributed by atoms with van der Waals surface area (Å²) < 4.78 is 0. The van der Waals surface area contributed by atoms with E-state index in [1.54, 1.807) is 11.3 Å². The monoisotopic (exact) mass is 293 g/mol. The summed E-state index contributed by atoms with van der Waals surface area (Å²) in [5.74, 6) is 0.232. The molecule has 1 amide bonds. The summed E-state index contributed by atoms with van der Waals surface area (Å²) >= 11 is 1.71. The molecule has 1 N–H and O–H groups in total. The lowest BCUT2D eigenvalue weighted by Gasteiger charge is -2.31. The molecule has 0 unspecified atom stereocenters. The van der Waals surface area contributed by atoms with Crippen molar-refractivity contribution in [3.63, 3.8) is 0 Å². The van der Waals surface area contributed by atoms with E-state index in [1.165, 1.54) is 42.7 Å². The van der Waals surface area contributed by atoms with E-state index in [0.29, 0.717) is 12.5 Å². The number of amides is 1. The van der Waals surface area contributed by atoms with Gasteiger partial charge in [-0.15, -0.1) is 11.3 Å². The van der Waals surface area contributed by atoms with Crippen LogP contribution in [0.2, 0.25) is 0 Å². The lowest BCUT2D eigenvalue weighted by atomic mass is 9.94. The van der Waals surface area contributed by atoms with E-state index in [-0.39, 0.29) is 5.91 Å². The number of hydrogen-bond donors (Lipinski definition) is 1. The molecule has 0 aromatic carbocycles. The molecule has 5 heteroatoms. The van der Waals surface area contributed by atoms with Gasteiger partial charge in [0.25, 0.3) is 0 Å². The van der Waals surface area contributed by atoms with Gasteiger partial charge in [-0.1, -0.05) is 19.3 Å². The van der Waals surface area contributed by atoms with Gasteiger partial charge in [0.2, 0.25) is 5.91 Å². The van der Waals surface area contributed by atoms with Crippen LogP contribution in [0, 0.1) is 0 Å². The lowest BCUT2D eigenvalue weighted by Crippen LogP contribution is -2.39. The minimum absolute atomic E-state index is 0.232. The van der Waals surface area contributed by atoms with Crippen molar-refractivity contribution >= 4 is 17.2 Å². The van der Waals surface area contributed by atoms with Gasteiger partial charge in [-0.2, -0.15) is 0 Å². The second-order valence-electron chi connectivity index (χ2n) is 5.88. The summed E-state index contributed by atoms with van der Waals surface area (Å²) in [5, 5.41) is 4.35. The van der Waals surface area contributed by atoms with Gasteiger partial charge in [-0.05, 0) is 12.8 Å². The third-order valence-corrected chi connectivity index (χ3v) is 5.56. The molecule has 110 valence electrons. The van der Waals surface area contributed by atoms with Crippen molar-refractivity contribution in [2.45, 2.75) is 57.5 Å². The molecule has 1 saturated carbocycles. The highest BCUT2D eigenvalue weighted by molar-refractivity contribution is 7.11. The zero-order chi connectivity index (χ0) is 13.9. The molecular formula is C15H23N3OS. The molecule has 0 radical (unpaired) electrons. The minimum atomic E-state index is 0.232. The molecule has 1 aromatic rings. The lowest BCUT2D eigenvalue weighted by molar-refractivity contribution is -0.131. The Morgan fingerprint density at radius 1 is 1.40 bits per heavy atom. The Bertz CT molecular complexity index is 456. The minimum Gasteiger partial charge on any atom is -0.342 e. The molecule has 1 aromatic heterocycles. The fourth-order valence-electron chi connectivity index (χ4n) is 3.18. The van der Waals surface area contributed by atoms with Gasteiger partial charge in [0.15, 0.2) is 0 Å². The molecule has 0 atom stereocenters. The van der Waals surface area contributed by atoms with Gasteiger partial charge in [0, 0.05) is 37.5 Å². The number of aromatic nitrogens is 1. The number of likely N-dealkylation sites (N-methyl/N-ethyl adjacent to an activating group) is 1. The zero-order valence-electron chi connectivity index (χ0n) is 12.2. The standard InChI is InChI=1S/C15H23N3OS/c1-18(11-5-3-2-4-6-11)15(19)9-14-17-12-7-8-16-10-13(12)20-14/h11,16H,2-10H2,1H3. The Balaban J connectivity index is 1.61. The van der Waals surface area contributed by atoms with Crippen LogP contribution in [0.15, 0.2) is 0 Å². The molecule has 20 heavy (non-hydrogen) atoms. The number of fused-ring (bicyclic) bond motifs is 1. The molecule has 0 bridgehead atoms. The largest absolute Gasteiger partial charge is 0.342 e. The van der Waals surface area contributed by atoms with Crippen LogP contribution in [0.1, 0.15) is 47.7 Å². The average molecular weight is 293 g/mol. The second-order valence-corrected chi connectivity index (χ2v) is 7.05. The van der Waals surface area contributed by atoms with Crippen molar-refractivity contribution < 1.29 is 4.79 Å². The predicted octanol–water partition coefficient (Wildman–Crippen LogP) is 2.12. The first kappa shape index (κ1) is 14.0. The van der Waals surface area contributed by atoms with Gasteiger partial charge in [0.1, 0.15) is 5.01 Å². The summed E-state index contributed by atoms with van der Waals surface area (Å²) in [5.41, 5.74) is 1.21. The molecule has 0 spiro atoms. The number of rotatable bonds is 3. The smallest absolute Gasteiger partial charge is 0.229 e. The van der Waals surface area contributed by atoms with Crippen molar-refractivity contribution in [3.05, 3.63) is 15.6 Å². The molecule has 0 saturated heterocycles. The third kappa shape index (κ3) is 3.04. The molecule has 3 rings (SSSR count). The predicted molar refractivity (Wildman–Crippen MR) is 80.9 cm³/mol. The number of carbonyl (C=O) groups is 1. The van der Waals surface area contributed by atoms with E-state index in [2.05, 4.69) is 10.3 Å². The van der Waals surface area contributed by atoms with Crippen molar-refractivity contribution in [2.75, 3.05) is 13.6 Å². The van der Waals surface area contributed by atoms with Gasteiger partial charge >= 0.3 is 0 Å². The van der Waals surface area contributed by atoms with E-state index in [4.69, 9.17) is 0 Å². The Hall–Kier alpha value is -0.940. The number of carbonyl (C=O) groups excluding carboxylic acids is 1. The van der Waals surface area contributed by atoms with Crippen LogP contribution in [-0.4, -0.2) is 35.4 Å². The van der Waals surface area contributed by atoms with Gasteiger partial charge in [-0.3, -0.25) is 4.79 Å². The highest BCUT2D eigenvalue weighted by Crippen LogP contribution is 2.24. The number of hydrogen-bond acceptors (Lipinski definition) is 4. The van der Waals surface area contributed by atoms with E-state index >= 15 is 0 Å². The highest BCUT2D eigenvalue weighted by Gasteiger charge is 2.23. The fourth-order valence-corrected chi connectivity index (χ4v) is 4.26. The first-order valence-corrected chi connectivity index (χ1v) is 8.49. The van der Waals surface area contributed by atoms with Crippen molar-refractivity contribution in [1.82, 2.24) is 15.2 Å². The first-order chi connectivity index (χ1) is 9.74. The maximum atomic E-state index is 12.4. The Morgan fingerprint density at radius 3 is 2.95 bits per heavy atom. The normalized spacial score (nSPS) is 19.6. The molecule has 1 fully saturated rings. The molecule has 2 aliphatic rings. The van der Waals surface area contributed by atoms with Crippen LogP contribution >= 0.6 is 11.3 Å². The molecule has 2 heterocycles. The average Bonchev–Trinajstić information content (AvgIpc) is 2.89. The van der Waals surface area contributed by atoms with Gasteiger partial charge in [-0.25, -0.2) is 4.98 Å². The quantitative estimate of drug-likeness (QED) is 0.928. The molecule has 1 aliphatic heterocycles. The van der Waals surface area contributed by atoms with Gasteiger partial charge < -0.3 is 10.2 Å². The SMILES string of the molecule is CN(C(=O)Cc1nc2c(s1)CNCC2)C1CCCCC1. The molecule has 4 nitrogen and oxygen atoms in total. The Labute approximate surface area is 124 Å². The Morgan fingerprint density at radius 2 is 2.20 bits per heavy atom. The van der Waals surface area contributed by atoms with Crippen LogP contribution in [0.4, 0.5) is 0 Å². The maximum absolute atomic E-state index is 12.4. The van der Waals surface area contributed by atoms with Crippen molar-refractivity contribution in [2.24, 2.45) is 0 Å². The highest BCUT2D eigenvalue weighted by atomic mass is 32.1. The number of nitrogens with zero attached hydrogens (tertiary/aromatic N) is 2. The van der Waals surface area contributed by atoms with Crippen LogP contribution in [-0.2, 0) is 24.2 Å². The van der Waals surface area contributed by atoms with Crippen molar-refractivity contribution in [1.29, 1.82) is 0 Å². The summed E-state index contributed by atoms with van der Waals surface area (Å²) in [7, 11) is 1.97. The number of nitrogens with one attached hydrogen (secondary N) is 1. The second kappa shape index (κ2) is 6.22. The van der Waals surface area contributed by atoms with E-state index in [9.17, 15) is 4.79 Å². The zero-order valence-corrected chi connectivity index (χ0v) is 13.0. The van der Waals surface area contributed by atoms with Crippen LogP contribution in [0.25, 0.3) is 0 Å². The topological polar surface area (TPSA) is 45.2 Å². The van der Waals surface area contributed by atoms with E-state index in [0.717, 1.165) is 24.5 Å². The fraction of sp³-hybridized carbons (Fsp3) is 0.733. The van der Waals surface area contributed by atoms with Crippen LogP contribution in [0.5, 0.6) is 0 Å². The van der Waals surface area contributed by atoms with E-state index in [1.807, 2.05) is 11.9 Å². The van der Waals surface area contributed by atoms with Crippen LogP contribution in [0.3, 0.4) is 0 Å². The van der Waals surface area contributed by atoms with Crippen molar-refractivity contribution in [3.8, 4) is 0 Å². The van der Waals surface area contributed by atoms with Crippen LogP contribution < -0.4 is 5.32 Å². The summed E-state index contributed by atoms with van der Waals surface area (Å²) in [6.45, 7) is 1.92. The summed E-state index contributed by atoms with van der Waals surface area (Å²) in [6, 6.07) is 0.451. The first-order valence-electron chi connectivity index (χ1n) is 7.68. The third-order valence-electron chi connectivity index (χ3n) is 4.46. The molecular weight excluding hydrogens is 270 g/mol. The summed E-state index contributed by atoms with van der Waals surface area (Å²) in [4.78, 5) is 20.3. The maximum Gasteiger partial charge on any atom is 0.229 e. The number of thiazole rings is 1.